The maximum atomic E-state index is 14.5. The quantitative estimate of drug-likeness (QED) is 0.426. The summed E-state index contributed by atoms with van der Waals surface area (Å²) in [7, 11) is 0. The maximum absolute atomic E-state index is 14.5. The van der Waals surface area contributed by atoms with E-state index in [9.17, 15) is 19.1 Å². The van der Waals surface area contributed by atoms with Gasteiger partial charge in [0.1, 0.15) is 5.56 Å². The smallest absolute Gasteiger partial charge is 0.341 e. The van der Waals surface area contributed by atoms with Gasteiger partial charge in [-0.25, -0.2) is 13.9 Å². The van der Waals surface area contributed by atoms with Crippen molar-refractivity contribution in [2.75, 3.05) is 26.2 Å². The molecule has 8 nitrogen and oxygen atoms in total. The molecule has 218 valence electrons. The van der Waals surface area contributed by atoms with Crippen LogP contribution in [-0.2, 0) is 11.3 Å². The van der Waals surface area contributed by atoms with Crippen molar-refractivity contribution in [1.82, 2.24) is 20.0 Å². The van der Waals surface area contributed by atoms with Gasteiger partial charge in [-0.05, 0) is 62.7 Å². The fraction of sp³-hybridized carbons (Fsp3) is 0.833. The topological polar surface area (TPSA) is 96.7 Å². The molecule has 2 heterocycles. The number of nitrogens with one attached hydrogen (secondary N) is 1. The molecular weight excluding hydrogens is 499 g/mol. The van der Waals surface area contributed by atoms with Crippen LogP contribution in [0.5, 0.6) is 5.88 Å². The van der Waals surface area contributed by atoms with Crippen LogP contribution in [0.2, 0.25) is 0 Å². The average molecular weight is 547 g/mol. The Morgan fingerprint density at radius 1 is 1.08 bits per heavy atom. The molecular formula is C30H47FN4O4. The number of carboxylic acids is 1. The summed E-state index contributed by atoms with van der Waals surface area (Å²) in [4.78, 5) is 26.8. The third-order valence-corrected chi connectivity index (χ3v) is 10.1. The predicted molar refractivity (Wildman–Crippen MR) is 147 cm³/mol. The first-order chi connectivity index (χ1) is 18.8. The van der Waals surface area contributed by atoms with Gasteiger partial charge in [0.2, 0.25) is 11.5 Å². The monoisotopic (exact) mass is 546 g/mol. The lowest BCUT2D eigenvalue weighted by Crippen LogP contribution is -2.47. The van der Waals surface area contributed by atoms with Crippen LogP contribution in [0.4, 0.5) is 4.39 Å². The molecule has 5 rings (SSSR count). The number of hydrogen-bond acceptors (Lipinski definition) is 5. The van der Waals surface area contributed by atoms with Crippen molar-refractivity contribution < 1.29 is 23.8 Å². The summed E-state index contributed by atoms with van der Waals surface area (Å²) in [5, 5.41) is 17.0. The highest BCUT2D eigenvalue weighted by molar-refractivity contribution is 5.96. The van der Waals surface area contributed by atoms with Crippen molar-refractivity contribution in [2.24, 2.45) is 23.7 Å². The normalized spacial score (nSPS) is 28.5. The molecule has 3 saturated carbocycles. The number of halogens is 1. The summed E-state index contributed by atoms with van der Waals surface area (Å²) in [6.45, 7) is 4.60. The molecule has 2 N–H and O–H groups in total. The Balaban J connectivity index is 1.22. The van der Waals surface area contributed by atoms with Crippen LogP contribution >= 0.6 is 0 Å². The molecule has 4 fully saturated rings. The van der Waals surface area contributed by atoms with E-state index in [4.69, 9.17) is 4.74 Å². The largest absolute Gasteiger partial charge is 0.479 e. The number of alkyl halides is 1. The number of carbonyl (C=O) groups excluding carboxylic acids is 1. The van der Waals surface area contributed by atoms with Crippen molar-refractivity contribution in [3.63, 3.8) is 0 Å². The van der Waals surface area contributed by atoms with Gasteiger partial charge in [0.25, 0.3) is 5.91 Å². The summed E-state index contributed by atoms with van der Waals surface area (Å²) < 4.78 is 22.6. The van der Waals surface area contributed by atoms with E-state index in [1.165, 1.54) is 57.8 Å². The number of carbonyl (C=O) groups is 2. The van der Waals surface area contributed by atoms with Gasteiger partial charge in [0.15, 0.2) is 0 Å². The summed E-state index contributed by atoms with van der Waals surface area (Å²) in [5.41, 5.74) is -1.64. The molecule has 9 heteroatoms. The molecule has 0 aromatic carbocycles. The number of aliphatic carboxylic acids is 1. The van der Waals surface area contributed by atoms with Gasteiger partial charge in [0.05, 0.1) is 19.3 Å². The molecule has 3 unspecified atom stereocenters. The number of piperidine rings is 1. The van der Waals surface area contributed by atoms with Gasteiger partial charge in [0, 0.05) is 38.5 Å². The van der Waals surface area contributed by atoms with Crippen LogP contribution in [-0.4, -0.2) is 69.6 Å². The number of fused-ring (bicyclic) bond motifs is 2. The zero-order valence-electron chi connectivity index (χ0n) is 23.6. The molecule has 3 atom stereocenters. The first-order valence-corrected chi connectivity index (χ1v) is 15.4. The lowest BCUT2D eigenvalue weighted by molar-refractivity contribution is -0.154. The Labute approximate surface area is 232 Å². The second-order valence-corrected chi connectivity index (χ2v) is 12.9. The zero-order chi connectivity index (χ0) is 27.4. The Morgan fingerprint density at radius 2 is 1.77 bits per heavy atom. The van der Waals surface area contributed by atoms with E-state index < -0.39 is 11.6 Å². The Morgan fingerprint density at radius 3 is 2.44 bits per heavy atom. The van der Waals surface area contributed by atoms with Crippen LogP contribution < -0.4 is 10.1 Å². The van der Waals surface area contributed by atoms with E-state index >= 15 is 0 Å². The van der Waals surface area contributed by atoms with Gasteiger partial charge >= 0.3 is 5.97 Å². The molecule has 1 amide bonds. The fourth-order valence-electron chi connectivity index (χ4n) is 7.57. The molecule has 2 bridgehead atoms. The minimum atomic E-state index is -2.13. The van der Waals surface area contributed by atoms with Crippen molar-refractivity contribution in [3.8, 4) is 5.88 Å². The van der Waals surface area contributed by atoms with Crippen LogP contribution in [0.1, 0.15) is 101 Å². The molecule has 0 radical (unpaired) electrons. The number of hydrogen-bond donors (Lipinski definition) is 2. The molecule has 1 aromatic heterocycles. The highest BCUT2D eigenvalue weighted by Gasteiger charge is 2.41. The van der Waals surface area contributed by atoms with E-state index in [0.29, 0.717) is 56.1 Å². The number of ether oxygens (including phenoxy) is 1. The Bertz CT molecular complexity index is 974. The second-order valence-electron chi connectivity index (χ2n) is 12.9. The minimum absolute atomic E-state index is 0.0130. The first-order valence-electron chi connectivity index (χ1n) is 15.4. The van der Waals surface area contributed by atoms with Gasteiger partial charge in [-0.2, -0.15) is 5.10 Å². The summed E-state index contributed by atoms with van der Waals surface area (Å²) in [6.07, 6.45) is 15.4. The molecule has 1 saturated heterocycles. The lowest BCUT2D eigenvalue weighted by atomic mass is 9.66. The van der Waals surface area contributed by atoms with E-state index in [-0.39, 0.29) is 24.8 Å². The molecule has 1 aromatic rings. The molecule has 3 aliphatic carbocycles. The van der Waals surface area contributed by atoms with Crippen LogP contribution in [0, 0.1) is 23.7 Å². The minimum Gasteiger partial charge on any atom is -0.479 e. The summed E-state index contributed by atoms with van der Waals surface area (Å²) in [6, 6.07) is 0.110. The Hall–Kier alpha value is -2.16. The van der Waals surface area contributed by atoms with E-state index in [1.807, 2.05) is 0 Å². The lowest BCUT2D eigenvalue weighted by Gasteiger charge is -2.41. The molecule has 1 aliphatic heterocycles. The van der Waals surface area contributed by atoms with Crippen LogP contribution in [0.15, 0.2) is 6.20 Å². The number of amides is 1. The number of aromatic nitrogens is 2. The van der Waals surface area contributed by atoms with Gasteiger partial charge < -0.3 is 20.1 Å². The predicted octanol–water partition coefficient (Wildman–Crippen LogP) is 5.07. The molecule has 39 heavy (non-hydrogen) atoms. The maximum Gasteiger partial charge on any atom is 0.341 e. The van der Waals surface area contributed by atoms with Crippen molar-refractivity contribution in [3.05, 3.63) is 11.8 Å². The molecule has 0 spiro atoms. The third kappa shape index (κ3) is 6.95. The number of nitrogens with zero attached hydrogens (tertiary/aromatic N) is 3. The van der Waals surface area contributed by atoms with E-state index in [2.05, 4.69) is 22.2 Å². The third-order valence-electron chi connectivity index (χ3n) is 10.1. The van der Waals surface area contributed by atoms with Crippen LogP contribution in [0.25, 0.3) is 0 Å². The molecule has 4 aliphatic rings. The fourth-order valence-corrected chi connectivity index (χ4v) is 7.57. The zero-order valence-corrected chi connectivity index (χ0v) is 23.6. The van der Waals surface area contributed by atoms with Crippen molar-refractivity contribution in [2.45, 2.75) is 109 Å². The second kappa shape index (κ2) is 12.6. The van der Waals surface area contributed by atoms with Gasteiger partial charge in [-0.3, -0.25) is 4.79 Å². The van der Waals surface area contributed by atoms with Gasteiger partial charge in [-0.1, -0.05) is 38.5 Å². The van der Waals surface area contributed by atoms with Crippen LogP contribution in [0.3, 0.4) is 0 Å². The standard InChI is InChI=1S/C30H47FN4O4/c1-21(25-17-23-8-5-9-24(16-23)18-25)33-27(36)26-19-32-35(28(26)39-20-22-6-3-2-4-7-22)15-14-34-12-10-30(31,11-13-34)29(37)38/h19,21-25H,2-18,20H2,1H3,(H,33,36)(H,37,38). The number of likely N-dealkylation sites (tertiary alicyclic amines) is 1. The summed E-state index contributed by atoms with van der Waals surface area (Å²) in [5.74, 6) is 1.67. The van der Waals surface area contributed by atoms with Gasteiger partial charge in [-0.15, -0.1) is 0 Å². The highest BCUT2D eigenvalue weighted by Crippen LogP contribution is 2.43. The average Bonchev–Trinajstić information content (AvgIpc) is 3.34. The van der Waals surface area contributed by atoms with E-state index in [1.54, 1.807) is 10.9 Å². The SMILES string of the molecule is CC(NC(=O)c1cnn(CCN2CCC(F)(C(=O)O)CC2)c1OCC1CCCCC1)C1CC2CCCC(C2)C1. The van der Waals surface area contributed by atoms with E-state index in [0.717, 1.165) is 24.7 Å². The number of rotatable bonds is 10. The number of carboxylic acid groups (broad SMARTS) is 1. The van der Waals surface area contributed by atoms with Crippen molar-refractivity contribution >= 4 is 11.9 Å². The first kappa shape index (κ1) is 28.4. The van der Waals surface area contributed by atoms with Crippen molar-refractivity contribution in [1.29, 1.82) is 0 Å². The highest BCUT2D eigenvalue weighted by atomic mass is 19.1. The summed E-state index contributed by atoms with van der Waals surface area (Å²) >= 11 is 0. The Kier molecular flexibility index (Phi) is 9.14.